The lowest BCUT2D eigenvalue weighted by molar-refractivity contribution is -0.386. The van der Waals surface area contributed by atoms with Crippen LogP contribution in [0.4, 0.5) is 10.5 Å². The lowest BCUT2D eigenvalue weighted by Gasteiger charge is -2.28. The van der Waals surface area contributed by atoms with E-state index in [0.29, 0.717) is 11.3 Å². The van der Waals surface area contributed by atoms with E-state index >= 15 is 0 Å². The number of nitrogens with zero attached hydrogens (tertiary/aromatic N) is 1. The number of hydrogen-bond acceptors (Lipinski definition) is 7. The van der Waals surface area contributed by atoms with Crippen molar-refractivity contribution in [1.82, 2.24) is 10.6 Å². The van der Waals surface area contributed by atoms with Crippen LogP contribution in [0.15, 0.2) is 23.4 Å². The molecule has 1 aromatic rings. The Balaban J connectivity index is 2.68. The highest BCUT2D eigenvalue weighted by atomic mass is 16.6. The molecule has 1 aliphatic heterocycles. The second kappa shape index (κ2) is 8.39. The van der Waals surface area contributed by atoms with Crippen molar-refractivity contribution >= 4 is 17.7 Å². The molecule has 1 atom stereocenters. The minimum Gasteiger partial charge on any atom is -0.490 e. The molecule has 10 heteroatoms. The summed E-state index contributed by atoms with van der Waals surface area (Å²) in [7, 11) is 1.21. The van der Waals surface area contributed by atoms with Gasteiger partial charge in [0.15, 0.2) is 5.75 Å². The van der Waals surface area contributed by atoms with Crippen LogP contribution in [0, 0.1) is 10.1 Å². The van der Waals surface area contributed by atoms with Crippen LogP contribution in [0.2, 0.25) is 0 Å². The third kappa shape index (κ3) is 4.10. The number of nitrogens with one attached hydrogen (secondary N) is 2. The third-order valence-corrected chi connectivity index (χ3v) is 3.85. The number of allylic oxidation sites excluding steroid dienone is 1. The molecule has 0 bridgehead atoms. The highest BCUT2D eigenvalue weighted by molar-refractivity contribution is 5.95. The summed E-state index contributed by atoms with van der Waals surface area (Å²) in [6.07, 6.45) is 0. The largest absolute Gasteiger partial charge is 0.490 e. The summed E-state index contributed by atoms with van der Waals surface area (Å²) < 4.78 is 15.7. The zero-order chi connectivity index (χ0) is 20.1. The molecule has 1 aromatic carbocycles. The molecule has 2 rings (SSSR count). The van der Waals surface area contributed by atoms with Crippen LogP contribution in [0.5, 0.6) is 11.5 Å². The Morgan fingerprint density at radius 3 is 2.48 bits per heavy atom. The van der Waals surface area contributed by atoms with Crippen molar-refractivity contribution in [2.24, 2.45) is 0 Å². The molecule has 0 radical (unpaired) electrons. The molecule has 1 unspecified atom stereocenters. The number of nitro benzene ring substituents is 1. The van der Waals surface area contributed by atoms with Gasteiger partial charge in [-0.2, -0.15) is 0 Å². The molecule has 27 heavy (non-hydrogen) atoms. The second-order valence-corrected chi connectivity index (χ2v) is 5.55. The van der Waals surface area contributed by atoms with Gasteiger partial charge in [-0.25, -0.2) is 9.59 Å². The Kier molecular flexibility index (Phi) is 6.22. The molecule has 1 heterocycles. The van der Waals surface area contributed by atoms with E-state index in [1.165, 1.54) is 19.2 Å². The molecule has 0 aliphatic carbocycles. The normalized spacial score (nSPS) is 16.3. The summed E-state index contributed by atoms with van der Waals surface area (Å²) in [6.45, 7) is 5.42. The summed E-state index contributed by atoms with van der Waals surface area (Å²) in [5.41, 5.74) is 0.402. The van der Waals surface area contributed by atoms with Gasteiger partial charge in [-0.1, -0.05) is 0 Å². The third-order valence-electron chi connectivity index (χ3n) is 3.85. The lowest BCUT2D eigenvalue weighted by atomic mass is 9.94. The number of esters is 1. The first kappa shape index (κ1) is 20.0. The average Bonchev–Trinajstić information content (AvgIpc) is 2.61. The number of amides is 2. The predicted molar refractivity (Wildman–Crippen MR) is 94.6 cm³/mol. The molecule has 0 aromatic heterocycles. The van der Waals surface area contributed by atoms with Gasteiger partial charge >= 0.3 is 17.7 Å². The lowest BCUT2D eigenvalue weighted by Crippen LogP contribution is -2.45. The van der Waals surface area contributed by atoms with Crippen molar-refractivity contribution in [2.45, 2.75) is 26.8 Å². The van der Waals surface area contributed by atoms with E-state index in [4.69, 9.17) is 14.2 Å². The molecule has 2 N–H and O–H groups in total. The fourth-order valence-corrected chi connectivity index (χ4v) is 2.79. The minimum absolute atomic E-state index is 0.00585. The highest BCUT2D eigenvalue weighted by Crippen LogP contribution is 2.41. The van der Waals surface area contributed by atoms with Gasteiger partial charge in [0.05, 0.1) is 36.9 Å². The first-order valence-corrected chi connectivity index (χ1v) is 8.28. The van der Waals surface area contributed by atoms with Crippen molar-refractivity contribution in [3.05, 3.63) is 39.1 Å². The Morgan fingerprint density at radius 1 is 1.26 bits per heavy atom. The molecular formula is C17H21N3O7. The van der Waals surface area contributed by atoms with Crippen LogP contribution in [-0.2, 0) is 9.53 Å². The van der Waals surface area contributed by atoms with Crippen LogP contribution in [0.25, 0.3) is 0 Å². The monoisotopic (exact) mass is 379 g/mol. The van der Waals surface area contributed by atoms with Crippen LogP contribution < -0.4 is 20.1 Å². The molecule has 0 spiro atoms. The standard InChI is InChI=1S/C17H21N3O7/c1-5-26-12-8-10(7-11(20(23)24)15(12)27-6-2)14-13(16(21)25-4)9(3)18-17(22)19-14/h7-8,14H,5-6H2,1-4H3,(H2,18,19,22). The SMILES string of the molecule is CCOc1cc(C2NC(=O)NC(C)=C2C(=O)OC)cc([N+](=O)[O-])c1OCC. The van der Waals surface area contributed by atoms with Crippen molar-refractivity contribution < 1.29 is 28.7 Å². The number of nitro groups is 1. The number of methoxy groups -OCH3 is 1. The number of ether oxygens (including phenoxy) is 3. The summed E-state index contributed by atoms with van der Waals surface area (Å²) in [5.74, 6) is -0.522. The molecule has 0 fully saturated rings. The Labute approximate surface area is 155 Å². The van der Waals surface area contributed by atoms with Gasteiger partial charge in [0.2, 0.25) is 5.75 Å². The van der Waals surface area contributed by atoms with Gasteiger partial charge in [-0.05, 0) is 32.4 Å². The zero-order valence-corrected chi connectivity index (χ0v) is 15.5. The molecular weight excluding hydrogens is 358 g/mol. The zero-order valence-electron chi connectivity index (χ0n) is 15.5. The number of hydrogen-bond donors (Lipinski definition) is 2. The summed E-state index contributed by atoms with van der Waals surface area (Å²) in [4.78, 5) is 35.1. The van der Waals surface area contributed by atoms with E-state index in [1.54, 1.807) is 20.8 Å². The van der Waals surface area contributed by atoms with Crippen molar-refractivity contribution in [1.29, 1.82) is 0 Å². The van der Waals surface area contributed by atoms with Crippen molar-refractivity contribution in [3.63, 3.8) is 0 Å². The number of carbonyl (C=O) groups is 2. The number of carbonyl (C=O) groups excluding carboxylic acids is 2. The molecule has 0 saturated heterocycles. The maximum Gasteiger partial charge on any atom is 0.337 e. The van der Waals surface area contributed by atoms with Crippen LogP contribution in [0.1, 0.15) is 32.4 Å². The quantitative estimate of drug-likeness (QED) is 0.422. The van der Waals surface area contributed by atoms with Crippen LogP contribution in [-0.4, -0.2) is 37.2 Å². The molecule has 1 aliphatic rings. The minimum atomic E-state index is -0.945. The van der Waals surface area contributed by atoms with Gasteiger partial charge in [0.25, 0.3) is 0 Å². The fourth-order valence-electron chi connectivity index (χ4n) is 2.79. The predicted octanol–water partition coefficient (Wildman–Crippen LogP) is 2.19. The van der Waals surface area contributed by atoms with E-state index in [-0.39, 0.29) is 36.0 Å². The highest BCUT2D eigenvalue weighted by Gasteiger charge is 2.34. The Morgan fingerprint density at radius 2 is 1.93 bits per heavy atom. The summed E-state index contributed by atoms with van der Waals surface area (Å²) >= 11 is 0. The van der Waals surface area contributed by atoms with Gasteiger partial charge in [0, 0.05) is 11.8 Å². The van der Waals surface area contributed by atoms with E-state index in [9.17, 15) is 19.7 Å². The molecule has 0 saturated carbocycles. The van der Waals surface area contributed by atoms with Gasteiger partial charge in [-0.15, -0.1) is 0 Å². The maximum absolute atomic E-state index is 12.2. The van der Waals surface area contributed by atoms with E-state index in [2.05, 4.69) is 10.6 Å². The Bertz CT molecular complexity index is 804. The Hall–Kier alpha value is -3.30. The van der Waals surface area contributed by atoms with E-state index < -0.39 is 23.0 Å². The fraction of sp³-hybridized carbons (Fsp3) is 0.412. The molecule has 146 valence electrons. The van der Waals surface area contributed by atoms with Crippen LogP contribution >= 0.6 is 0 Å². The number of rotatable bonds is 7. The summed E-state index contributed by atoms with van der Waals surface area (Å²) in [6, 6.07) is 1.27. The maximum atomic E-state index is 12.2. The first-order chi connectivity index (χ1) is 12.8. The second-order valence-electron chi connectivity index (χ2n) is 5.55. The average molecular weight is 379 g/mol. The first-order valence-electron chi connectivity index (χ1n) is 8.28. The number of benzene rings is 1. The van der Waals surface area contributed by atoms with Crippen molar-refractivity contribution in [2.75, 3.05) is 20.3 Å². The van der Waals surface area contributed by atoms with Gasteiger partial charge in [0.1, 0.15) is 0 Å². The summed E-state index contributed by atoms with van der Waals surface area (Å²) in [5, 5.41) is 16.6. The van der Waals surface area contributed by atoms with Crippen molar-refractivity contribution in [3.8, 4) is 11.5 Å². The van der Waals surface area contributed by atoms with Gasteiger partial charge < -0.3 is 24.8 Å². The molecule has 10 nitrogen and oxygen atoms in total. The van der Waals surface area contributed by atoms with Gasteiger partial charge in [-0.3, -0.25) is 10.1 Å². The smallest absolute Gasteiger partial charge is 0.337 e. The number of urea groups is 1. The topological polar surface area (TPSA) is 129 Å². The van der Waals surface area contributed by atoms with E-state index in [0.717, 1.165) is 0 Å². The van der Waals surface area contributed by atoms with E-state index in [1.807, 2.05) is 0 Å². The molecule has 2 amide bonds. The van der Waals surface area contributed by atoms with Crippen LogP contribution in [0.3, 0.4) is 0 Å².